The van der Waals surface area contributed by atoms with Gasteiger partial charge >= 0.3 is 0 Å². The van der Waals surface area contributed by atoms with Crippen LogP contribution in [0.1, 0.15) is 33.4 Å². The predicted octanol–water partition coefficient (Wildman–Crippen LogP) is 1.98. The number of nitrogens with zero attached hydrogens (tertiary/aromatic N) is 1. The number of aromatic nitrogens is 1. The molecule has 114 valence electrons. The summed E-state index contributed by atoms with van der Waals surface area (Å²) in [6, 6.07) is 8.05. The molecule has 0 aliphatic rings. The van der Waals surface area contributed by atoms with E-state index in [4.69, 9.17) is 0 Å². The summed E-state index contributed by atoms with van der Waals surface area (Å²) in [6.45, 7) is 6.34. The van der Waals surface area contributed by atoms with Crippen molar-refractivity contribution in [1.29, 1.82) is 0 Å². The van der Waals surface area contributed by atoms with Gasteiger partial charge in [0.2, 0.25) is 0 Å². The van der Waals surface area contributed by atoms with Gasteiger partial charge in [-0.3, -0.25) is 9.36 Å². The van der Waals surface area contributed by atoms with Crippen LogP contribution in [-0.2, 0) is 0 Å². The number of aliphatic hydroxyl groups is 1. The van der Waals surface area contributed by atoms with Gasteiger partial charge in [-0.05, 0) is 32.4 Å². The summed E-state index contributed by atoms with van der Waals surface area (Å²) in [6.07, 6.45) is -0.143. The molecule has 0 amide bonds. The fourth-order valence-corrected chi connectivity index (χ4v) is 2.18. The highest BCUT2D eigenvalue weighted by molar-refractivity contribution is 5.84. The van der Waals surface area contributed by atoms with Crippen molar-refractivity contribution < 1.29 is 10.2 Å². The van der Waals surface area contributed by atoms with Gasteiger partial charge in [0.25, 0.3) is 5.56 Å². The Balaban J connectivity index is 2.41. The van der Waals surface area contributed by atoms with E-state index in [2.05, 4.69) is 12.2 Å². The van der Waals surface area contributed by atoms with Gasteiger partial charge < -0.3 is 15.5 Å². The molecule has 0 saturated heterocycles. The molecule has 1 heterocycles. The second-order valence-corrected chi connectivity index (χ2v) is 5.86. The molecule has 5 nitrogen and oxygen atoms in total. The number of pyridine rings is 1. The topological polar surface area (TPSA) is 74.5 Å². The van der Waals surface area contributed by atoms with E-state index in [-0.39, 0.29) is 23.4 Å². The quantitative estimate of drug-likeness (QED) is 0.787. The number of benzene rings is 1. The normalized spacial score (nSPS) is 13.5. The molecule has 1 aromatic carbocycles. The average Bonchev–Trinajstić information content (AvgIpc) is 2.45. The van der Waals surface area contributed by atoms with Gasteiger partial charge in [0.05, 0.1) is 5.52 Å². The zero-order valence-electron chi connectivity index (χ0n) is 12.6. The largest absolute Gasteiger partial charge is 0.506 e. The van der Waals surface area contributed by atoms with E-state index in [1.54, 1.807) is 18.2 Å². The van der Waals surface area contributed by atoms with E-state index < -0.39 is 6.23 Å². The molecule has 3 N–H and O–H groups in total. The van der Waals surface area contributed by atoms with Crippen molar-refractivity contribution in [3.05, 3.63) is 40.7 Å². The number of hydrogen-bond acceptors (Lipinski definition) is 4. The van der Waals surface area contributed by atoms with E-state index in [1.807, 2.05) is 13.8 Å². The third kappa shape index (κ3) is 3.25. The van der Waals surface area contributed by atoms with Gasteiger partial charge in [0.1, 0.15) is 12.0 Å². The summed E-state index contributed by atoms with van der Waals surface area (Å²) in [5.74, 6) is -0.0148. The smallest absolute Gasteiger partial charge is 0.253 e. The predicted molar refractivity (Wildman–Crippen MR) is 83.5 cm³/mol. The van der Waals surface area contributed by atoms with Crippen LogP contribution >= 0.6 is 0 Å². The molecule has 1 atom stereocenters. The summed E-state index contributed by atoms with van der Waals surface area (Å²) in [5.41, 5.74) is -0.113. The van der Waals surface area contributed by atoms with Crippen molar-refractivity contribution >= 4 is 10.9 Å². The Hall–Kier alpha value is -1.85. The lowest BCUT2D eigenvalue weighted by Gasteiger charge is -2.27. The fraction of sp³-hybridized carbons (Fsp3) is 0.438. The van der Waals surface area contributed by atoms with Crippen molar-refractivity contribution in [2.45, 2.75) is 39.0 Å². The maximum absolute atomic E-state index is 12.1. The number of para-hydroxylation sites is 1. The lowest BCUT2D eigenvalue weighted by atomic mass is 10.0. The Kier molecular flexibility index (Phi) is 4.34. The first kappa shape index (κ1) is 15.5. The van der Waals surface area contributed by atoms with Crippen LogP contribution in [0.3, 0.4) is 0 Å². The molecule has 0 saturated carbocycles. The van der Waals surface area contributed by atoms with Gasteiger partial charge in [-0.2, -0.15) is 0 Å². The van der Waals surface area contributed by atoms with E-state index >= 15 is 0 Å². The Labute approximate surface area is 123 Å². The lowest BCUT2D eigenvalue weighted by Crippen LogP contribution is -2.43. The molecule has 5 heteroatoms. The molecule has 0 fully saturated rings. The Morgan fingerprint density at radius 3 is 2.67 bits per heavy atom. The first-order valence-electron chi connectivity index (χ1n) is 7.12. The number of hydrogen-bond donors (Lipinski definition) is 3. The number of aliphatic hydroxyl groups excluding tert-OH is 1. The molecular formula is C16H22N2O3. The molecule has 0 bridgehead atoms. The first-order valence-corrected chi connectivity index (χ1v) is 7.12. The number of aromatic hydroxyl groups is 1. The monoisotopic (exact) mass is 290 g/mol. The fourth-order valence-electron chi connectivity index (χ4n) is 2.18. The van der Waals surface area contributed by atoms with Crippen molar-refractivity contribution in [3.8, 4) is 5.75 Å². The number of phenolic OH excluding ortho intramolecular Hbond substituents is 1. The van der Waals surface area contributed by atoms with Crippen LogP contribution in [-0.4, -0.2) is 26.9 Å². The number of nitrogens with one attached hydrogen (secondary N) is 1. The summed E-state index contributed by atoms with van der Waals surface area (Å²) in [7, 11) is 0. The van der Waals surface area contributed by atoms with E-state index in [0.29, 0.717) is 10.9 Å². The minimum atomic E-state index is -1.04. The van der Waals surface area contributed by atoms with Gasteiger partial charge in [0, 0.05) is 23.5 Å². The van der Waals surface area contributed by atoms with Gasteiger partial charge in [-0.25, -0.2) is 0 Å². The number of fused-ring (bicyclic) bond motifs is 1. The van der Waals surface area contributed by atoms with Crippen molar-refractivity contribution in [2.75, 3.05) is 6.54 Å². The second-order valence-electron chi connectivity index (χ2n) is 5.86. The first-order chi connectivity index (χ1) is 9.85. The molecule has 1 aromatic heterocycles. The average molecular weight is 290 g/mol. The molecule has 1 unspecified atom stereocenters. The minimum Gasteiger partial charge on any atom is -0.506 e. The molecule has 0 radical (unpaired) electrons. The van der Waals surface area contributed by atoms with Crippen LogP contribution in [0.5, 0.6) is 5.75 Å². The highest BCUT2D eigenvalue weighted by Gasteiger charge is 2.19. The maximum atomic E-state index is 12.1. The lowest BCUT2D eigenvalue weighted by molar-refractivity contribution is 0.0935. The van der Waals surface area contributed by atoms with Crippen molar-refractivity contribution in [3.63, 3.8) is 0 Å². The standard InChI is InChI=1S/C16H22N2O3/c1-4-16(2,3)17-10-14(21)18-13(20)9-8-11-6-5-7-12(19)15(11)18/h5-9,14,17,19,21H,4,10H2,1-3H3. The van der Waals surface area contributed by atoms with Crippen LogP contribution in [0.15, 0.2) is 35.1 Å². The molecule has 21 heavy (non-hydrogen) atoms. The molecular weight excluding hydrogens is 268 g/mol. The van der Waals surface area contributed by atoms with Gasteiger partial charge in [0.15, 0.2) is 0 Å². The maximum Gasteiger partial charge on any atom is 0.253 e. The molecule has 2 aromatic rings. The van der Waals surface area contributed by atoms with Gasteiger partial charge in [-0.1, -0.05) is 19.1 Å². The second kappa shape index (κ2) is 5.87. The summed E-state index contributed by atoms with van der Waals surface area (Å²) >= 11 is 0. The molecule has 0 aliphatic heterocycles. The zero-order chi connectivity index (χ0) is 15.6. The number of rotatable bonds is 5. The van der Waals surface area contributed by atoms with E-state index in [9.17, 15) is 15.0 Å². The molecule has 0 aliphatic carbocycles. The highest BCUT2D eigenvalue weighted by atomic mass is 16.3. The van der Waals surface area contributed by atoms with Crippen LogP contribution in [0.2, 0.25) is 0 Å². The SMILES string of the molecule is CCC(C)(C)NCC(O)n1c(=O)ccc2cccc(O)c21. The number of β-amino-alcohol motifs (C(OH)–C–C–N with tert-alkyl or cyclic N) is 1. The third-order valence-electron chi connectivity index (χ3n) is 3.87. The highest BCUT2D eigenvalue weighted by Crippen LogP contribution is 2.24. The van der Waals surface area contributed by atoms with Crippen molar-refractivity contribution in [2.24, 2.45) is 0 Å². The van der Waals surface area contributed by atoms with Gasteiger partial charge in [-0.15, -0.1) is 0 Å². The summed E-state index contributed by atoms with van der Waals surface area (Å²) < 4.78 is 1.23. The summed E-state index contributed by atoms with van der Waals surface area (Å²) in [4.78, 5) is 12.1. The van der Waals surface area contributed by atoms with Crippen LogP contribution in [0.4, 0.5) is 0 Å². The van der Waals surface area contributed by atoms with Crippen LogP contribution < -0.4 is 10.9 Å². The summed E-state index contributed by atoms with van der Waals surface area (Å²) in [5, 5.41) is 24.3. The van der Waals surface area contributed by atoms with E-state index in [0.717, 1.165) is 6.42 Å². The number of phenols is 1. The third-order valence-corrected chi connectivity index (χ3v) is 3.87. The Morgan fingerprint density at radius 1 is 1.29 bits per heavy atom. The van der Waals surface area contributed by atoms with E-state index in [1.165, 1.54) is 16.7 Å². The molecule has 0 spiro atoms. The minimum absolute atomic E-state index is 0.0148. The zero-order valence-corrected chi connectivity index (χ0v) is 12.6. The van der Waals surface area contributed by atoms with Crippen LogP contribution in [0, 0.1) is 0 Å². The van der Waals surface area contributed by atoms with Crippen LogP contribution in [0.25, 0.3) is 10.9 Å². The Bertz CT molecular complexity index is 691. The Morgan fingerprint density at radius 2 is 2.00 bits per heavy atom. The van der Waals surface area contributed by atoms with Crippen molar-refractivity contribution in [1.82, 2.24) is 9.88 Å². The molecule has 2 rings (SSSR count).